The molecule has 0 bridgehead atoms. The van der Waals surface area contributed by atoms with E-state index in [4.69, 9.17) is 0 Å². The molecule has 0 radical (unpaired) electrons. The van der Waals surface area contributed by atoms with E-state index in [2.05, 4.69) is 20.2 Å². The lowest BCUT2D eigenvalue weighted by atomic mass is 10.1. The molecule has 0 saturated heterocycles. The number of rotatable bonds is 4. The highest BCUT2D eigenvalue weighted by Gasteiger charge is 2.17. The number of imidazole rings is 1. The van der Waals surface area contributed by atoms with Gasteiger partial charge in [-0.15, -0.1) is 0 Å². The van der Waals surface area contributed by atoms with Crippen LogP contribution in [-0.4, -0.2) is 27.5 Å². The number of amides is 1. The van der Waals surface area contributed by atoms with Gasteiger partial charge in [0.1, 0.15) is 5.82 Å². The maximum atomic E-state index is 11.9. The maximum absolute atomic E-state index is 11.9. The van der Waals surface area contributed by atoms with Crippen LogP contribution in [0.4, 0.5) is 0 Å². The molecular formula is C16H24N4O. The van der Waals surface area contributed by atoms with Crippen LogP contribution in [0.1, 0.15) is 39.6 Å². The van der Waals surface area contributed by atoms with Crippen molar-refractivity contribution in [3.05, 3.63) is 30.1 Å². The average molecular weight is 288 g/mol. The number of fused-ring (bicyclic) bond motifs is 1. The largest absolute Gasteiger partial charge is 0.350 e. The molecule has 2 aromatic rings. The van der Waals surface area contributed by atoms with Gasteiger partial charge in [-0.2, -0.15) is 0 Å². The number of aromatic nitrogens is 2. The molecule has 0 aliphatic rings. The molecular weight excluding hydrogens is 264 g/mol. The molecule has 1 aromatic heterocycles. The van der Waals surface area contributed by atoms with Gasteiger partial charge in [0, 0.05) is 12.6 Å². The van der Waals surface area contributed by atoms with Gasteiger partial charge in [-0.25, -0.2) is 4.98 Å². The van der Waals surface area contributed by atoms with Gasteiger partial charge in [-0.1, -0.05) is 12.1 Å². The van der Waals surface area contributed by atoms with Crippen molar-refractivity contribution in [2.24, 2.45) is 7.05 Å². The Bertz CT molecular complexity index is 639. The first kappa shape index (κ1) is 15.5. The molecule has 0 spiro atoms. The van der Waals surface area contributed by atoms with E-state index < -0.39 is 0 Å². The maximum Gasteiger partial charge on any atom is 0.234 e. The van der Waals surface area contributed by atoms with Crippen molar-refractivity contribution in [1.29, 1.82) is 0 Å². The van der Waals surface area contributed by atoms with Gasteiger partial charge >= 0.3 is 0 Å². The van der Waals surface area contributed by atoms with Gasteiger partial charge in [0.15, 0.2) is 0 Å². The fourth-order valence-corrected chi connectivity index (χ4v) is 2.35. The number of hydrogen-bond donors (Lipinski definition) is 2. The Labute approximate surface area is 125 Å². The van der Waals surface area contributed by atoms with Gasteiger partial charge in [0.2, 0.25) is 5.91 Å². The predicted octanol–water partition coefficient (Wildman–Crippen LogP) is 2.14. The molecule has 0 saturated carbocycles. The van der Waals surface area contributed by atoms with Gasteiger partial charge in [0.05, 0.1) is 23.6 Å². The lowest BCUT2D eigenvalue weighted by Crippen LogP contribution is -2.45. The van der Waals surface area contributed by atoms with Crippen molar-refractivity contribution >= 4 is 16.9 Å². The van der Waals surface area contributed by atoms with Crippen molar-refractivity contribution < 1.29 is 4.79 Å². The molecule has 0 aliphatic carbocycles. The number of benzene rings is 1. The summed E-state index contributed by atoms with van der Waals surface area (Å²) in [5.41, 5.74) is 1.86. The molecule has 1 heterocycles. The van der Waals surface area contributed by atoms with E-state index in [1.54, 1.807) is 0 Å². The van der Waals surface area contributed by atoms with Crippen LogP contribution in [0.3, 0.4) is 0 Å². The van der Waals surface area contributed by atoms with Crippen LogP contribution in [0, 0.1) is 0 Å². The van der Waals surface area contributed by atoms with Crippen LogP contribution in [-0.2, 0) is 11.8 Å². The highest BCUT2D eigenvalue weighted by molar-refractivity contribution is 5.79. The quantitative estimate of drug-likeness (QED) is 0.906. The summed E-state index contributed by atoms with van der Waals surface area (Å²) in [5.74, 6) is 0.924. The van der Waals surface area contributed by atoms with Crippen molar-refractivity contribution in [3.63, 3.8) is 0 Å². The first-order valence-electron chi connectivity index (χ1n) is 7.23. The predicted molar refractivity (Wildman–Crippen MR) is 85.0 cm³/mol. The summed E-state index contributed by atoms with van der Waals surface area (Å²) in [6.07, 6.45) is 0. The molecule has 0 aliphatic heterocycles. The molecule has 1 amide bonds. The minimum absolute atomic E-state index is 0.00638. The van der Waals surface area contributed by atoms with E-state index in [0.29, 0.717) is 0 Å². The fourth-order valence-electron chi connectivity index (χ4n) is 2.35. The number of nitrogens with zero attached hydrogens (tertiary/aromatic N) is 2. The molecule has 2 rings (SSSR count). The lowest BCUT2D eigenvalue weighted by molar-refractivity contribution is -0.121. The third-order valence-electron chi connectivity index (χ3n) is 3.29. The number of para-hydroxylation sites is 2. The smallest absolute Gasteiger partial charge is 0.234 e. The van der Waals surface area contributed by atoms with E-state index in [9.17, 15) is 4.79 Å². The Kier molecular flexibility index (Phi) is 4.32. The number of nitrogens with one attached hydrogen (secondary N) is 2. The first-order valence-corrected chi connectivity index (χ1v) is 7.23. The van der Waals surface area contributed by atoms with Gasteiger partial charge in [-0.3, -0.25) is 10.1 Å². The van der Waals surface area contributed by atoms with Crippen LogP contribution in [0.25, 0.3) is 11.0 Å². The Balaban J connectivity index is 2.04. The minimum atomic E-state index is -0.208. The first-order chi connectivity index (χ1) is 9.78. The molecule has 1 unspecified atom stereocenters. The minimum Gasteiger partial charge on any atom is -0.350 e. The summed E-state index contributed by atoms with van der Waals surface area (Å²) in [7, 11) is 2.00. The van der Waals surface area contributed by atoms with Gasteiger partial charge in [-0.05, 0) is 39.8 Å². The van der Waals surface area contributed by atoms with Gasteiger partial charge < -0.3 is 9.88 Å². The summed E-state index contributed by atoms with van der Waals surface area (Å²) in [6.45, 7) is 8.21. The molecule has 2 N–H and O–H groups in total. The van der Waals surface area contributed by atoms with E-state index in [1.165, 1.54) is 0 Å². The van der Waals surface area contributed by atoms with E-state index >= 15 is 0 Å². The third-order valence-corrected chi connectivity index (χ3v) is 3.29. The van der Waals surface area contributed by atoms with Crippen LogP contribution in [0.2, 0.25) is 0 Å². The normalized spacial score (nSPS) is 13.4. The Morgan fingerprint density at radius 2 is 2.00 bits per heavy atom. The van der Waals surface area contributed by atoms with E-state index in [-0.39, 0.29) is 24.0 Å². The van der Waals surface area contributed by atoms with Crippen LogP contribution in [0.5, 0.6) is 0 Å². The van der Waals surface area contributed by atoms with Gasteiger partial charge in [0.25, 0.3) is 0 Å². The average Bonchev–Trinajstić information content (AvgIpc) is 2.72. The second-order valence-corrected chi connectivity index (χ2v) is 6.42. The summed E-state index contributed by atoms with van der Waals surface area (Å²) in [6, 6.07) is 8.03. The van der Waals surface area contributed by atoms with Crippen LogP contribution in [0.15, 0.2) is 24.3 Å². The summed E-state index contributed by atoms with van der Waals surface area (Å²) in [4.78, 5) is 16.5. The third kappa shape index (κ3) is 3.82. The fraction of sp³-hybridized carbons (Fsp3) is 0.500. The number of aryl methyl sites for hydroxylation is 1. The molecule has 21 heavy (non-hydrogen) atoms. The second kappa shape index (κ2) is 5.85. The topological polar surface area (TPSA) is 59.0 Å². The number of carbonyl (C=O) groups is 1. The summed E-state index contributed by atoms with van der Waals surface area (Å²) >= 11 is 0. The Morgan fingerprint density at radius 3 is 2.62 bits per heavy atom. The van der Waals surface area contributed by atoms with E-state index in [1.807, 2.05) is 59.0 Å². The molecule has 1 atom stereocenters. The zero-order valence-electron chi connectivity index (χ0n) is 13.4. The number of carbonyl (C=O) groups excluding carboxylic acids is 1. The zero-order chi connectivity index (χ0) is 15.6. The highest BCUT2D eigenvalue weighted by atomic mass is 16.2. The molecule has 5 nitrogen and oxygen atoms in total. The Morgan fingerprint density at radius 1 is 1.33 bits per heavy atom. The second-order valence-electron chi connectivity index (χ2n) is 6.42. The van der Waals surface area contributed by atoms with Crippen molar-refractivity contribution in [1.82, 2.24) is 20.2 Å². The van der Waals surface area contributed by atoms with Crippen LogP contribution < -0.4 is 10.6 Å². The summed E-state index contributed by atoms with van der Waals surface area (Å²) in [5, 5.41) is 6.17. The standard InChI is InChI=1S/C16H24N4O/c1-11(17-10-14(21)19-16(2,3)4)15-18-12-8-6-7-9-13(12)20(15)5/h6-9,11,17H,10H2,1-5H3,(H,19,21). The van der Waals surface area contributed by atoms with E-state index in [0.717, 1.165) is 16.9 Å². The molecule has 5 heteroatoms. The number of hydrogen-bond acceptors (Lipinski definition) is 3. The molecule has 1 aromatic carbocycles. The highest BCUT2D eigenvalue weighted by Crippen LogP contribution is 2.18. The van der Waals surface area contributed by atoms with Crippen molar-refractivity contribution in [3.8, 4) is 0 Å². The Hall–Kier alpha value is -1.88. The molecule has 114 valence electrons. The van der Waals surface area contributed by atoms with Crippen molar-refractivity contribution in [2.45, 2.75) is 39.3 Å². The summed E-state index contributed by atoms with van der Waals surface area (Å²) < 4.78 is 2.06. The zero-order valence-corrected chi connectivity index (χ0v) is 13.4. The SMILES string of the molecule is CC(NCC(=O)NC(C)(C)C)c1nc2ccccc2n1C. The molecule has 0 fully saturated rings. The monoisotopic (exact) mass is 288 g/mol. The lowest BCUT2D eigenvalue weighted by Gasteiger charge is -2.21. The van der Waals surface area contributed by atoms with Crippen LogP contribution >= 0.6 is 0 Å². The van der Waals surface area contributed by atoms with Crippen molar-refractivity contribution in [2.75, 3.05) is 6.54 Å².